The molecule has 0 saturated carbocycles. The van der Waals surface area contributed by atoms with Crippen molar-refractivity contribution in [1.29, 1.82) is 0 Å². The summed E-state index contributed by atoms with van der Waals surface area (Å²) >= 11 is 1.97. The Morgan fingerprint density at radius 1 is 1.47 bits per heavy atom. The zero-order valence-corrected chi connectivity index (χ0v) is 10.2. The van der Waals surface area contributed by atoms with E-state index < -0.39 is 0 Å². The van der Waals surface area contributed by atoms with Crippen LogP contribution in [0.2, 0.25) is 0 Å². The molecule has 0 saturated heterocycles. The molecule has 0 unspecified atom stereocenters. The van der Waals surface area contributed by atoms with Gasteiger partial charge in [0.1, 0.15) is 0 Å². The molecule has 0 aliphatic carbocycles. The minimum Gasteiger partial charge on any atom is -0.330 e. The minimum absolute atomic E-state index is 0.722. The lowest BCUT2D eigenvalue weighted by molar-refractivity contribution is 0.581. The van der Waals surface area contributed by atoms with Crippen molar-refractivity contribution in [2.24, 2.45) is 5.73 Å². The lowest BCUT2D eigenvalue weighted by Crippen LogP contribution is -2.00. The van der Waals surface area contributed by atoms with E-state index >= 15 is 0 Å². The summed E-state index contributed by atoms with van der Waals surface area (Å²) in [7, 11) is 0. The van der Waals surface area contributed by atoms with Crippen LogP contribution in [0.4, 0.5) is 0 Å². The molecule has 1 heterocycles. The molecule has 15 heavy (non-hydrogen) atoms. The number of aromatic nitrogens is 3. The molecular weight excluding hydrogens is 208 g/mol. The normalized spacial score (nSPS) is 10.8. The molecule has 0 aliphatic heterocycles. The van der Waals surface area contributed by atoms with E-state index in [9.17, 15) is 0 Å². The van der Waals surface area contributed by atoms with Gasteiger partial charge in [-0.15, -0.1) is 5.10 Å². The van der Waals surface area contributed by atoms with Gasteiger partial charge in [-0.1, -0.05) is 12.1 Å². The largest absolute Gasteiger partial charge is 0.330 e. The van der Waals surface area contributed by atoms with Gasteiger partial charge in [0.2, 0.25) is 0 Å². The van der Waals surface area contributed by atoms with Crippen LogP contribution in [0.1, 0.15) is 25.5 Å². The van der Waals surface area contributed by atoms with Crippen LogP contribution in [0.25, 0.3) is 0 Å². The van der Waals surface area contributed by atoms with Gasteiger partial charge in [0, 0.05) is 12.7 Å². The number of hydrogen-bond donors (Lipinski definition) is 1. The van der Waals surface area contributed by atoms with Crippen LogP contribution in [0.15, 0.2) is 6.20 Å². The van der Waals surface area contributed by atoms with Crippen LogP contribution in [-0.2, 0) is 13.0 Å². The van der Waals surface area contributed by atoms with Gasteiger partial charge >= 0.3 is 0 Å². The molecule has 0 atom stereocenters. The van der Waals surface area contributed by atoms with Crippen molar-refractivity contribution >= 4 is 11.8 Å². The van der Waals surface area contributed by atoms with E-state index in [0.29, 0.717) is 0 Å². The van der Waals surface area contributed by atoms with Gasteiger partial charge in [0.25, 0.3) is 0 Å². The van der Waals surface area contributed by atoms with Crippen LogP contribution >= 0.6 is 11.8 Å². The Balaban J connectivity index is 2.20. The predicted molar refractivity (Wildman–Crippen MR) is 65.0 cm³/mol. The van der Waals surface area contributed by atoms with Crippen LogP contribution in [0.5, 0.6) is 0 Å². The topological polar surface area (TPSA) is 56.7 Å². The van der Waals surface area contributed by atoms with Crippen LogP contribution in [0, 0.1) is 0 Å². The Kier molecular flexibility index (Phi) is 6.43. The van der Waals surface area contributed by atoms with Gasteiger partial charge in [-0.2, -0.15) is 11.8 Å². The lowest BCUT2D eigenvalue weighted by atomic mass is 10.2. The number of aryl methyl sites for hydroxylation is 2. The molecule has 0 radical (unpaired) electrons. The molecule has 0 spiro atoms. The standard InChI is InChI=1S/C10H20N4S/c1-2-15-8-4-7-14-9-10(12-13-14)5-3-6-11/h9H,2-8,11H2,1H3. The monoisotopic (exact) mass is 228 g/mol. The number of nitrogens with two attached hydrogens (primary N) is 1. The van der Waals surface area contributed by atoms with Crippen LogP contribution in [0.3, 0.4) is 0 Å². The molecule has 1 rings (SSSR count). The second kappa shape index (κ2) is 7.70. The molecular formula is C10H20N4S. The molecule has 4 nitrogen and oxygen atoms in total. The first kappa shape index (κ1) is 12.5. The van der Waals surface area contributed by atoms with E-state index in [4.69, 9.17) is 5.73 Å². The first-order chi connectivity index (χ1) is 7.36. The van der Waals surface area contributed by atoms with Crippen molar-refractivity contribution < 1.29 is 0 Å². The molecule has 2 N–H and O–H groups in total. The van der Waals surface area contributed by atoms with E-state index in [1.165, 1.54) is 11.5 Å². The number of thioether (sulfide) groups is 1. The Hall–Kier alpha value is -0.550. The highest BCUT2D eigenvalue weighted by atomic mass is 32.2. The molecule has 0 bridgehead atoms. The fourth-order valence-corrected chi connectivity index (χ4v) is 1.94. The Labute approximate surface area is 95.6 Å². The third-order valence-electron chi connectivity index (χ3n) is 2.10. The molecule has 5 heteroatoms. The molecule has 0 fully saturated rings. The smallest absolute Gasteiger partial charge is 0.0827 e. The maximum Gasteiger partial charge on any atom is 0.0827 e. The summed E-state index contributed by atoms with van der Waals surface area (Å²) in [6, 6.07) is 0. The third kappa shape index (κ3) is 5.18. The average molecular weight is 228 g/mol. The van der Waals surface area contributed by atoms with E-state index in [0.717, 1.165) is 38.0 Å². The number of nitrogens with zero attached hydrogens (tertiary/aromatic N) is 3. The maximum absolute atomic E-state index is 5.44. The van der Waals surface area contributed by atoms with Crippen molar-refractivity contribution in [3.05, 3.63) is 11.9 Å². The predicted octanol–water partition coefficient (Wildman–Crippen LogP) is 1.31. The second-order valence-corrected chi connectivity index (χ2v) is 4.81. The average Bonchev–Trinajstić information content (AvgIpc) is 2.69. The highest BCUT2D eigenvalue weighted by molar-refractivity contribution is 7.99. The summed E-state index contributed by atoms with van der Waals surface area (Å²) in [6.45, 7) is 3.88. The van der Waals surface area contributed by atoms with E-state index in [-0.39, 0.29) is 0 Å². The second-order valence-electron chi connectivity index (χ2n) is 3.42. The van der Waals surface area contributed by atoms with Crippen molar-refractivity contribution in [3.8, 4) is 0 Å². The highest BCUT2D eigenvalue weighted by Gasteiger charge is 1.99. The van der Waals surface area contributed by atoms with E-state index in [2.05, 4.69) is 17.2 Å². The Morgan fingerprint density at radius 2 is 2.33 bits per heavy atom. The van der Waals surface area contributed by atoms with Crippen molar-refractivity contribution in [2.75, 3.05) is 18.1 Å². The summed E-state index contributed by atoms with van der Waals surface area (Å²) in [5, 5.41) is 8.19. The van der Waals surface area contributed by atoms with Gasteiger partial charge in [-0.3, -0.25) is 4.68 Å². The number of rotatable bonds is 8. The zero-order valence-electron chi connectivity index (χ0n) is 9.35. The zero-order chi connectivity index (χ0) is 10.9. The first-order valence-electron chi connectivity index (χ1n) is 5.53. The first-order valence-corrected chi connectivity index (χ1v) is 6.69. The Bertz CT molecular complexity index is 262. The van der Waals surface area contributed by atoms with Crippen molar-refractivity contribution in [3.63, 3.8) is 0 Å². The van der Waals surface area contributed by atoms with Crippen molar-refractivity contribution in [1.82, 2.24) is 15.0 Å². The lowest BCUT2D eigenvalue weighted by Gasteiger charge is -1.98. The van der Waals surface area contributed by atoms with Gasteiger partial charge in [0.05, 0.1) is 5.69 Å². The molecule has 0 amide bonds. The Morgan fingerprint density at radius 3 is 3.07 bits per heavy atom. The number of hydrogen-bond acceptors (Lipinski definition) is 4. The molecule has 0 aromatic carbocycles. The van der Waals surface area contributed by atoms with E-state index in [1.54, 1.807) is 0 Å². The van der Waals surface area contributed by atoms with Crippen molar-refractivity contribution in [2.45, 2.75) is 32.7 Å². The maximum atomic E-state index is 5.44. The van der Waals surface area contributed by atoms with Gasteiger partial charge in [-0.05, 0) is 37.3 Å². The summed E-state index contributed by atoms with van der Waals surface area (Å²) in [6.07, 6.45) is 5.13. The quantitative estimate of drug-likeness (QED) is 0.682. The third-order valence-corrected chi connectivity index (χ3v) is 3.09. The summed E-state index contributed by atoms with van der Waals surface area (Å²) in [5.74, 6) is 2.40. The van der Waals surface area contributed by atoms with Crippen LogP contribution < -0.4 is 5.73 Å². The fraction of sp³-hybridized carbons (Fsp3) is 0.800. The SMILES string of the molecule is CCSCCCn1cc(CCCN)nn1. The fourth-order valence-electron chi connectivity index (χ4n) is 1.32. The molecule has 0 aliphatic rings. The summed E-state index contributed by atoms with van der Waals surface area (Å²) in [5.41, 5.74) is 6.50. The summed E-state index contributed by atoms with van der Waals surface area (Å²) < 4.78 is 1.93. The molecule has 1 aromatic heterocycles. The summed E-state index contributed by atoms with van der Waals surface area (Å²) in [4.78, 5) is 0. The minimum atomic E-state index is 0.722. The molecule has 1 aromatic rings. The molecule has 86 valence electrons. The highest BCUT2D eigenvalue weighted by Crippen LogP contribution is 2.03. The van der Waals surface area contributed by atoms with E-state index in [1.807, 2.05) is 22.6 Å². The van der Waals surface area contributed by atoms with Crippen LogP contribution in [-0.4, -0.2) is 33.0 Å². The van der Waals surface area contributed by atoms with Gasteiger partial charge < -0.3 is 5.73 Å². The van der Waals surface area contributed by atoms with Gasteiger partial charge in [0.15, 0.2) is 0 Å². The van der Waals surface area contributed by atoms with Gasteiger partial charge in [-0.25, -0.2) is 0 Å².